The molecule has 0 aliphatic rings. The Morgan fingerprint density at radius 2 is 1.93 bits per heavy atom. The van der Waals surface area contributed by atoms with Crippen LogP contribution in [-0.2, 0) is 11.3 Å². The van der Waals surface area contributed by atoms with Crippen LogP contribution >= 0.6 is 0 Å². The first kappa shape index (κ1) is 11.7. The SMILES string of the molecule is CC(C)[C@H](N)C(=O)NCc1ccccc1. The van der Waals surface area contributed by atoms with Crippen LogP contribution in [0.5, 0.6) is 0 Å². The van der Waals surface area contributed by atoms with Crippen LogP contribution in [0.4, 0.5) is 0 Å². The lowest BCUT2D eigenvalue weighted by molar-refractivity contribution is -0.123. The van der Waals surface area contributed by atoms with Crippen LogP contribution in [0.2, 0.25) is 0 Å². The molecular formula is C12H18N2O. The highest BCUT2D eigenvalue weighted by Gasteiger charge is 2.16. The Morgan fingerprint density at radius 1 is 1.33 bits per heavy atom. The fourth-order valence-electron chi connectivity index (χ4n) is 1.21. The average molecular weight is 206 g/mol. The standard InChI is InChI=1S/C12H18N2O/c1-9(2)11(13)12(15)14-8-10-6-4-3-5-7-10/h3-7,9,11H,8,13H2,1-2H3,(H,14,15)/t11-/m0/s1. The number of amides is 1. The molecule has 15 heavy (non-hydrogen) atoms. The van der Waals surface area contributed by atoms with Gasteiger partial charge in [0.05, 0.1) is 6.04 Å². The summed E-state index contributed by atoms with van der Waals surface area (Å²) in [5.41, 5.74) is 6.80. The summed E-state index contributed by atoms with van der Waals surface area (Å²) in [6.07, 6.45) is 0. The second-order valence-electron chi connectivity index (χ2n) is 3.97. The zero-order chi connectivity index (χ0) is 11.3. The van der Waals surface area contributed by atoms with Crippen molar-refractivity contribution in [1.82, 2.24) is 5.32 Å². The predicted octanol–water partition coefficient (Wildman–Crippen LogP) is 1.29. The molecule has 0 saturated carbocycles. The van der Waals surface area contributed by atoms with Gasteiger partial charge in [0.25, 0.3) is 0 Å². The maximum atomic E-state index is 11.5. The van der Waals surface area contributed by atoms with Crippen LogP contribution in [0, 0.1) is 5.92 Å². The summed E-state index contributed by atoms with van der Waals surface area (Å²) in [5.74, 6) is 0.0784. The van der Waals surface area contributed by atoms with Gasteiger partial charge in [-0.2, -0.15) is 0 Å². The van der Waals surface area contributed by atoms with Crippen molar-refractivity contribution in [2.75, 3.05) is 0 Å². The minimum atomic E-state index is -0.422. The number of carbonyl (C=O) groups excluding carboxylic acids is 1. The van der Waals surface area contributed by atoms with Crippen LogP contribution < -0.4 is 11.1 Å². The van der Waals surface area contributed by atoms with E-state index in [9.17, 15) is 4.79 Å². The molecule has 1 amide bonds. The van der Waals surface area contributed by atoms with Crippen molar-refractivity contribution in [2.45, 2.75) is 26.4 Å². The molecule has 0 aliphatic heterocycles. The van der Waals surface area contributed by atoms with Crippen molar-refractivity contribution in [3.8, 4) is 0 Å². The lowest BCUT2D eigenvalue weighted by Crippen LogP contribution is -2.43. The summed E-state index contributed by atoms with van der Waals surface area (Å²) in [6.45, 7) is 4.42. The number of carbonyl (C=O) groups is 1. The summed E-state index contributed by atoms with van der Waals surface area (Å²) >= 11 is 0. The molecular weight excluding hydrogens is 188 g/mol. The van der Waals surface area contributed by atoms with E-state index in [4.69, 9.17) is 5.73 Å². The van der Waals surface area contributed by atoms with Gasteiger partial charge in [0, 0.05) is 6.54 Å². The second-order valence-corrected chi connectivity index (χ2v) is 3.97. The van der Waals surface area contributed by atoms with Crippen molar-refractivity contribution in [3.05, 3.63) is 35.9 Å². The zero-order valence-electron chi connectivity index (χ0n) is 9.23. The van der Waals surface area contributed by atoms with Crippen LogP contribution in [0.3, 0.4) is 0 Å². The highest BCUT2D eigenvalue weighted by Crippen LogP contribution is 2.00. The predicted molar refractivity (Wildman–Crippen MR) is 61.1 cm³/mol. The molecule has 3 heteroatoms. The van der Waals surface area contributed by atoms with Crippen LogP contribution in [0.1, 0.15) is 19.4 Å². The Bertz CT molecular complexity index is 309. The molecule has 0 aromatic heterocycles. The first-order valence-corrected chi connectivity index (χ1v) is 5.18. The summed E-state index contributed by atoms with van der Waals surface area (Å²) in [4.78, 5) is 11.5. The first-order valence-electron chi connectivity index (χ1n) is 5.18. The Morgan fingerprint density at radius 3 is 2.47 bits per heavy atom. The molecule has 1 aromatic carbocycles. The number of hydrogen-bond acceptors (Lipinski definition) is 2. The van der Waals surface area contributed by atoms with E-state index >= 15 is 0 Å². The van der Waals surface area contributed by atoms with Gasteiger partial charge in [-0.05, 0) is 11.5 Å². The average Bonchev–Trinajstić information content (AvgIpc) is 2.26. The molecule has 1 rings (SSSR count). The Hall–Kier alpha value is -1.35. The van der Waals surface area contributed by atoms with Crippen molar-refractivity contribution < 1.29 is 4.79 Å². The molecule has 0 bridgehead atoms. The van der Waals surface area contributed by atoms with Crippen molar-refractivity contribution >= 4 is 5.91 Å². The van der Waals surface area contributed by atoms with Gasteiger partial charge in [0.15, 0.2) is 0 Å². The summed E-state index contributed by atoms with van der Waals surface area (Å²) in [5, 5.41) is 2.82. The molecule has 0 spiro atoms. The third kappa shape index (κ3) is 3.72. The molecule has 0 saturated heterocycles. The van der Waals surface area contributed by atoms with E-state index in [1.165, 1.54) is 0 Å². The molecule has 0 unspecified atom stereocenters. The van der Waals surface area contributed by atoms with E-state index in [-0.39, 0.29) is 11.8 Å². The van der Waals surface area contributed by atoms with Crippen molar-refractivity contribution in [3.63, 3.8) is 0 Å². The molecule has 1 aromatic rings. The molecule has 3 nitrogen and oxygen atoms in total. The third-order valence-corrected chi connectivity index (χ3v) is 2.33. The van der Waals surface area contributed by atoms with Crippen LogP contribution in [0.15, 0.2) is 30.3 Å². The fraction of sp³-hybridized carbons (Fsp3) is 0.417. The topological polar surface area (TPSA) is 55.1 Å². The van der Waals surface area contributed by atoms with Crippen molar-refractivity contribution in [2.24, 2.45) is 11.7 Å². The molecule has 3 N–H and O–H groups in total. The van der Waals surface area contributed by atoms with E-state index in [2.05, 4.69) is 5.32 Å². The Kier molecular flexibility index (Phi) is 4.31. The third-order valence-electron chi connectivity index (χ3n) is 2.33. The summed E-state index contributed by atoms with van der Waals surface area (Å²) < 4.78 is 0. The van der Waals surface area contributed by atoms with Gasteiger partial charge in [-0.3, -0.25) is 4.79 Å². The number of benzene rings is 1. The normalized spacial score (nSPS) is 12.5. The van der Waals surface area contributed by atoms with Gasteiger partial charge in [-0.25, -0.2) is 0 Å². The quantitative estimate of drug-likeness (QED) is 0.780. The lowest BCUT2D eigenvalue weighted by atomic mass is 10.0. The molecule has 0 heterocycles. The van der Waals surface area contributed by atoms with Gasteiger partial charge >= 0.3 is 0 Å². The van der Waals surface area contributed by atoms with E-state index in [0.29, 0.717) is 6.54 Å². The molecule has 82 valence electrons. The number of nitrogens with one attached hydrogen (secondary N) is 1. The fourth-order valence-corrected chi connectivity index (χ4v) is 1.21. The largest absolute Gasteiger partial charge is 0.351 e. The molecule has 0 fully saturated rings. The smallest absolute Gasteiger partial charge is 0.237 e. The number of nitrogens with two attached hydrogens (primary N) is 1. The van der Waals surface area contributed by atoms with Gasteiger partial charge in [-0.1, -0.05) is 44.2 Å². The zero-order valence-corrected chi connectivity index (χ0v) is 9.23. The number of hydrogen-bond donors (Lipinski definition) is 2. The minimum absolute atomic E-state index is 0.0890. The molecule has 0 radical (unpaired) electrons. The van der Waals surface area contributed by atoms with E-state index in [1.54, 1.807) is 0 Å². The molecule has 1 atom stereocenters. The summed E-state index contributed by atoms with van der Waals surface area (Å²) in [6, 6.07) is 9.37. The number of rotatable bonds is 4. The summed E-state index contributed by atoms with van der Waals surface area (Å²) in [7, 11) is 0. The monoisotopic (exact) mass is 206 g/mol. The van der Waals surface area contributed by atoms with E-state index in [0.717, 1.165) is 5.56 Å². The van der Waals surface area contributed by atoms with Gasteiger partial charge in [-0.15, -0.1) is 0 Å². The Balaban J connectivity index is 2.41. The minimum Gasteiger partial charge on any atom is -0.351 e. The maximum Gasteiger partial charge on any atom is 0.237 e. The first-order chi connectivity index (χ1) is 7.11. The van der Waals surface area contributed by atoms with E-state index < -0.39 is 6.04 Å². The van der Waals surface area contributed by atoms with E-state index in [1.807, 2.05) is 44.2 Å². The lowest BCUT2D eigenvalue weighted by Gasteiger charge is -2.15. The van der Waals surface area contributed by atoms with Gasteiger partial charge in [0.1, 0.15) is 0 Å². The van der Waals surface area contributed by atoms with Crippen LogP contribution in [-0.4, -0.2) is 11.9 Å². The van der Waals surface area contributed by atoms with Gasteiger partial charge in [0.2, 0.25) is 5.91 Å². The van der Waals surface area contributed by atoms with Gasteiger partial charge < -0.3 is 11.1 Å². The maximum absolute atomic E-state index is 11.5. The van der Waals surface area contributed by atoms with Crippen molar-refractivity contribution in [1.29, 1.82) is 0 Å². The Labute approximate surface area is 90.7 Å². The highest BCUT2D eigenvalue weighted by atomic mass is 16.2. The second kappa shape index (κ2) is 5.51. The highest BCUT2D eigenvalue weighted by molar-refractivity contribution is 5.81. The van der Waals surface area contributed by atoms with Crippen LogP contribution in [0.25, 0.3) is 0 Å². The molecule has 0 aliphatic carbocycles.